The zero-order chi connectivity index (χ0) is 15.7. The van der Waals surface area contributed by atoms with Gasteiger partial charge in [-0.3, -0.25) is 0 Å². The molecule has 4 heteroatoms. The van der Waals surface area contributed by atoms with Gasteiger partial charge in [-0.2, -0.15) is 0 Å². The van der Waals surface area contributed by atoms with E-state index in [1.165, 1.54) is 11.1 Å². The molecular weight excluding hydrogens is 296 g/mol. The quantitative estimate of drug-likeness (QED) is 0.848. The highest BCUT2D eigenvalue weighted by Gasteiger charge is 2.28. The van der Waals surface area contributed by atoms with Gasteiger partial charge in [0.2, 0.25) is 0 Å². The van der Waals surface area contributed by atoms with Gasteiger partial charge in [-0.05, 0) is 48.6 Å². The second-order valence-corrected chi connectivity index (χ2v) is 6.19. The van der Waals surface area contributed by atoms with Crippen LogP contribution in [0.4, 0.5) is 10.5 Å². The number of amides is 2. The lowest BCUT2D eigenvalue weighted by Gasteiger charge is -2.26. The van der Waals surface area contributed by atoms with Gasteiger partial charge in [-0.1, -0.05) is 41.9 Å². The molecule has 1 unspecified atom stereocenters. The molecule has 0 radical (unpaired) electrons. The Hall–Kier alpha value is -2.00. The molecule has 0 saturated heterocycles. The second kappa shape index (κ2) is 6.01. The molecular formula is C18H19ClN2O. The molecule has 0 bridgehead atoms. The summed E-state index contributed by atoms with van der Waals surface area (Å²) >= 11 is 6.01. The molecule has 0 aromatic heterocycles. The summed E-state index contributed by atoms with van der Waals surface area (Å²) < 4.78 is 0. The Labute approximate surface area is 135 Å². The molecule has 0 spiro atoms. The smallest absolute Gasteiger partial charge is 0.321 e. The predicted molar refractivity (Wildman–Crippen MR) is 90.5 cm³/mol. The lowest BCUT2D eigenvalue weighted by atomic mass is 10.1. The maximum atomic E-state index is 12.5. The van der Waals surface area contributed by atoms with Gasteiger partial charge in [-0.15, -0.1) is 0 Å². The largest absolute Gasteiger partial charge is 0.322 e. The van der Waals surface area contributed by atoms with Crippen molar-refractivity contribution in [2.75, 3.05) is 12.4 Å². The Bertz CT molecular complexity index is 714. The van der Waals surface area contributed by atoms with Gasteiger partial charge in [0, 0.05) is 17.8 Å². The van der Waals surface area contributed by atoms with Gasteiger partial charge in [0.05, 0.1) is 6.04 Å². The number of nitrogens with zero attached hydrogens (tertiary/aromatic N) is 1. The van der Waals surface area contributed by atoms with Crippen LogP contribution in [0.25, 0.3) is 0 Å². The number of nitrogens with one attached hydrogen (secondary N) is 1. The minimum absolute atomic E-state index is 0.105. The first-order chi connectivity index (χ1) is 10.6. The van der Waals surface area contributed by atoms with Gasteiger partial charge < -0.3 is 10.2 Å². The first-order valence-corrected chi connectivity index (χ1v) is 7.82. The first-order valence-electron chi connectivity index (χ1n) is 7.44. The van der Waals surface area contributed by atoms with Crippen LogP contribution in [-0.4, -0.2) is 18.0 Å². The molecule has 0 aliphatic heterocycles. The third-order valence-corrected chi connectivity index (χ3v) is 4.57. The normalized spacial score (nSPS) is 16.2. The van der Waals surface area contributed by atoms with Gasteiger partial charge in [0.25, 0.3) is 0 Å². The number of urea groups is 1. The lowest BCUT2D eigenvalue weighted by molar-refractivity contribution is 0.204. The molecule has 0 fully saturated rings. The molecule has 2 aromatic rings. The van der Waals surface area contributed by atoms with Crippen molar-refractivity contribution in [2.24, 2.45) is 0 Å². The molecule has 1 atom stereocenters. The first kappa shape index (κ1) is 14.9. The number of benzene rings is 2. The highest BCUT2D eigenvalue weighted by atomic mass is 35.5. The molecule has 3 nitrogen and oxygen atoms in total. The SMILES string of the molecule is Cc1ccc(Cl)cc1NC(=O)N(C)C1CCc2ccccc21. The molecule has 114 valence electrons. The molecule has 22 heavy (non-hydrogen) atoms. The summed E-state index contributed by atoms with van der Waals surface area (Å²) in [5.74, 6) is 0. The number of rotatable bonds is 2. The van der Waals surface area contributed by atoms with Crippen molar-refractivity contribution in [2.45, 2.75) is 25.8 Å². The predicted octanol–water partition coefficient (Wildman–Crippen LogP) is 4.80. The van der Waals surface area contributed by atoms with Crippen molar-refractivity contribution >= 4 is 23.3 Å². The van der Waals surface area contributed by atoms with Crippen LogP contribution in [0.15, 0.2) is 42.5 Å². The van der Waals surface area contributed by atoms with Gasteiger partial charge >= 0.3 is 6.03 Å². The Balaban J connectivity index is 1.77. The fourth-order valence-corrected chi connectivity index (χ4v) is 3.18. The summed E-state index contributed by atoms with van der Waals surface area (Å²) in [7, 11) is 1.85. The zero-order valence-corrected chi connectivity index (χ0v) is 13.5. The van der Waals surface area contributed by atoms with Crippen LogP contribution in [0.5, 0.6) is 0 Å². The highest BCUT2D eigenvalue weighted by molar-refractivity contribution is 6.31. The molecule has 2 amide bonds. The van der Waals surface area contributed by atoms with E-state index in [2.05, 4.69) is 23.5 Å². The summed E-state index contributed by atoms with van der Waals surface area (Å²) in [4.78, 5) is 14.3. The third kappa shape index (κ3) is 2.81. The van der Waals surface area contributed by atoms with Crippen LogP contribution >= 0.6 is 11.6 Å². The van der Waals surface area contributed by atoms with E-state index < -0.39 is 0 Å². The van der Waals surface area contributed by atoms with Crippen molar-refractivity contribution < 1.29 is 4.79 Å². The molecule has 2 aromatic carbocycles. The highest BCUT2D eigenvalue weighted by Crippen LogP contribution is 2.35. The van der Waals surface area contributed by atoms with E-state index in [0.29, 0.717) is 5.02 Å². The second-order valence-electron chi connectivity index (χ2n) is 5.75. The maximum Gasteiger partial charge on any atom is 0.322 e. The summed E-state index contributed by atoms with van der Waals surface area (Å²) in [6, 6.07) is 13.9. The number of fused-ring (bicyclic) bond motifs is 1. The van der Waals surface area contributed by atoms with Crippen molar-refractivity contribution in [3.8, 4) is 0 Å². The lowest BCUT2D eigenvalue weighted by Crippen LogP contribution is -2.34. The topological polar surface area (TPSA) is 32.3 Å². The molecule has 3 rings (SSSR count). The summed E-state index contributed by atoms with van der Waals surface area (Å²) in [6.07, 6.45) is 1.99. The van der Waals surface area contributed by atoms with Crippen LogP contribution in [0, 0.1) is 6.92 Å². The number of carbonyl (C=O) groups excluding carboxylic acids is 1. The molecule has 0 heterocycles. The molecule has 0 saturated carbocycles. The van der Waals surface area contributed by atoms with Crippen LogP contribution in [-0.2, 0) is 6.42 Å². The van der Waals surface area contributed by atoms with E-state index in [0.717, 1.165) is 24.1 Å². The third-order valence-electron chi connectivity index (χ3n) is 4.33. The average Bonchev–Trinajstić information content (AvgIpc) is 2.94. The van der Waals surface area contributed by atoms with E-state index in [9.17, 15) is 4.79 Å². The Kier molecular flexibility index (Phi) is 4.08. The van der Waals surface area contributed by atoms with Crippen molar-refractivity contribution in [1.82, 2.24) is 4.90 Å². The number of carbonyl (C=O) groups is 1. The Morgan fingerprint density at radius 2 is 2.05 bits per heavy atom. The van der Waals surface area contributed by atoms with Crippen LogP contribution in [0.2, 0.25) is 5.02 Å². The average molecular weight is 315 g/mol. The van der Waals surface area contributed by atoms with E-state index >= 15 is 0 Å². The van der Waals surface area contributed by atoms with Crippen molar-refractivity contribution in [3.63, 3.8) is 0 Å². The summed E-state index contributed by atoms with van der Waals surface area (Å²) in [5.41, 5.74) is 4.35. The molecule has 1 aliphatic carbocycles. The van der Waals surface area contributed by atoms with E-state index in [4.69, 9.17) is 11.6 Å². The van der Waals surface area contributed by atoms with E-state index in [1.807, 2.05) is 32.2 Å². The summed E-state index contributed by atoms with van der Waals surface area (Å²) in [6.45, 7) is 1.96. The maximum absolute atomic E-state index is 12.5. The number of halogens is 1. The van der Waals surface area contributed by atoms with Gasteiger partial charge in [-0.25, -0.2) is 4.79 Å². The molecule has 1 N–H and O–H groups in total. The number of anilines is 1. The van der Waals surface area contributed by atoms with E-state index in [1.54, 1.807) is 11.0 Å². The number of aryl methyl sites for hydroxylation is 2. The fourth-order valence-electron chi connectivity index (χ4n) is 3.01. The van der Waals surface area contributed by atoms with Gasteiger partial charge in [0.15, 0.2) is 0 Å². The van der Waals surface area contributed by atoms with Crippen LogP contribution in [0.1, 0.15) is 29.2 Å². The fraction of sp³-hybridized carbons (Fsp3) is 0.278. The zero-order valence-electron chi connectivity index (χ0n) is 12.8. The van der Waals surface area contributed by atoms with Crippen LogP contribution in [0.3, 0.4) is 0 Å². The van der Waals surface area contributed by atoms with Gasteiger partial charge in [0.1, 0.15) is 0 Å². The van der Waals surface area contributed by atoms with Crippen molar-refractivity contribution in [1.29, 1.82) is 0 Å². The standard InChI is InChI=1S/C18H19ClN2O/c1-12-7-9-14(19)11-16(12)20-18(22)21(2)17-10-8-13-5-3-4-6-15(13)17/h3-7,9,11,17H,8,10H2,1-2H3,(H,20,22). The monoisotopic (exact) mass is 314 g/mol. The molecule has 1 aliphatic rings. The van der Waals surface area contributed by atoms with Crippen LogP contribution < -0.4 is 5.32 Å². The van der Waals surface area contributed by atoms with Crippen molar-refractivity contribution in [3.05, 3.63) is 64.2 Å². The van der Waals surface area contributed by atoms with E-state index in [-0.39, 0.29) is 12.1 Å². The minimum Gasteiger partial charge on any atom is -0.321 e. The number of hydrogen-bond acceptors (Lipinski definition) is 1. The Morgan fingerprint density at radius 3 is 2.86 bits per heavy atom. The minimum atomic E-state index is -0.105. The Morgan fingerprint density at radius 1 is 1.27 bits per heavy atom. The number of hydrogen-bond donors (Lipinski definition) is 1. The summed E-state index contributed by atoms with van der Waals surface area (Å²) in [5, 5.41) is 3.58.